The lowest BCUT2D eigenvalue weighted by atomic mass is 10.4. The highest BCUT2D eigenvalue weighted by Gasteiger charge is 2.01. The standard InChI is InChI=1S/C16H30N4O2S/c1-4-6-8-21-10-11-22-9-7-18-16(17-5-2)19-12-15-14(3)20-13-23-15/h13H,4-12H2,1-3H3,(H2,17,18,19). The minimum atomic E-state index is 0.638. The topological polar surface area (TPSA) is 67.8 Å². The first-order valence-corrected chi connectivity index (χ1v) is 9.22. The summed E-state index contributed by atoms with van der Waals surface area (Å²) in [6.07, 6.45) is 2.28. The molecular formula is C16H30N4O2S. The summed E-state index contributed by atoms with van der Waals surface area (Å²) < 4.78 is 11.0. The molecule has 0 aliphatic rings. The molecule has 0 atom stereocenters. The third kappa shape index (κ3) is 9.53. The normalized spacial score (nSPS) is 11.7. The van der Waals surface area contributed by atoms with Crippen LogP contribution >= 0.6 is 11.3 Å². The van der Waals surface area contributed by atoms with Gasteiger partial charge in [-0.25, -0.2) is 9.98 Å². The largest absolute Gasteiger partial charge is 0.379 e. The van der Waals surface area contributed by atoms with Crippen LogP contribution in [0.25, 0.3) is 0 Å². The summed E-state index contributed by atoms with van der Waals surface area (Å²) in [5.41, 5.74) is 2.91. The Kier molecular flexibility index (Phi) is 11.5. The van der Waals surface area contributed by atoms with Gasteiger partial charge in [0.05, 0.1) is 37.6 Å². The average molecular weight is 343 g/mol. The minimum absolute atomic E-state index is 0.638. The first-order valence-electron chi connectivity index (χ1n) is 8.34. The van der Waals surface area contributed by atoms with E-state index in [0.29, 0.717) is 26.4 Å². The van der Waals surface area contributed by atoms with Crippen LogP contribution in [0.15, 0.2) is 10.5 Å². The first-order chi connectivity index (χ1) is 11.3. The van der Waals surface area contributed by atoms with Crippen LogP contribution < -0.4 is 10.6 Å². The van der Waals surface area contributed by atoms with Gasteiger partial charge in [-0.05, 0) is 20.3 Å². The van der Waals surface area contributed by atoms with E-state index in [9.17, 15) is 0 Å². The van der Waals surface area contributed by atoms with Gasteiger partial charge in [0.15, 0.2) is 5.96 Å². The van der Waals surface area contributed by atoms with Gasteiger partial charge in [0.25, 0.3) is 0 Å². The molecule has 2 N–H and O–H groups in total. The number of guanidine groups is 1. The number of aryl methyl sites for hydroxylation is 1. The Bertz CT molecular complexity index is 437. The van der Waals surface area contributed by atoms with Gasteiger partial charge in [0.2, 0.25) is 0 Å². The Labute approximate surface area is 143 Å². The van der Waals surface area contributed by atoms with E-state index in [2.05, 4.69) is 34.5 Å². The summed E-state index contributed by atoms with van der Waals surface area (Å²) in [4.78, 5) is 10.0. The minimum Gasteiger partial charge on any atom is -0.379 e. The smallest absolute Gasteiger partial charge is 0.191 e. The predicted molar refractivity (Wildman–Crippen MR) is 96.2 cm³/mol. The van der Waals surface area contributed by atoms with Crippen molar-refractivity contribution in [1.82, 2.24) is 15.6 Å². The van der Waals surface area contributed by atoms with E-state index in [1.54, 1.807) is 11.3 Å². The first kappa shape index (κ1) is 19.9. The van der Waals surface area contributed by atoms with Crippen molar-refractivity contribution >= 4 is 17.3 Å². The lowest BCUT2D eigenvalue weighted by molar-refractivity contribution is 0.0487. The molecule has 0 aliphatic heterocycles. The third-order valence-corrected chi connectivity index (χ3v) is 4.04. The van der Waals surface area contributed by atoms with Crippen LogP contribution in [0.5, 0.6) is 0 Å². The molecule has 0 bridgehead atoms. The zero-order valence-electron chi connectivity index (χ0n) is 14.6. The van der Waals surface area contributed by atoms with Crippen molar-refractivity contribution in [3.05, 3.63) is 16.1 Å². The summed E-state index contributed by atoms with van der Waals surface area (Å²) >= 11 is 1.64. The number of rotatable bonds is 12. The molecule has 23 heavy (non-hydrogen) atoms. The molecular weight excluding hydrogens is 312 g/mol. The van der Waals surface area contributed by atoms with Crippen molar-refractivity contribution in [2.75, 3.05) is 39.5 Å². The van der Waals surface area contributed by atoms with E-state index in [-0.39, 0.29) is 0 Å². The maximum Gasteiger partial charge on any atom is 0.191 e. The summed E-state index contributed by atoms with van der Waals surface area (Å²) in [6, 6.07) is 0. The van der Waals surface area contributed by atoms with Gasteiger partial charge in [-0.1, -0.05) is 13.3 Å². The quantitative estimate of drug-likeness (QED) is 0.347. The molecule has 0 unspecified atom stereocenters. The van der Waals surface area contributed by atoms with Crippen LogP contribution in [0.3, 0.4) is 0 Å². The van der Waals surface area contributed by atoms with Crippen LogP contribution in [0.2, 0.25) is 0 Å². The number of nitrogens with zero attached hydrogens (tertiary/aromatic N) is 2. The number of unbranched alkanes of at least 4 members (excludes halogenated alkanes) is 1. The molecule has 0 amide bonds. The second kappa shape index (κ2) is 13.3. The van der Waals surface area contributed by atoms with E-state index < -0.39 is 0 Å². The van der Waals surface area contributed by atoms with Gasteiger partial charge < -0.3 is 20.1 Å². The highest BCUT2D eigenvalue weighted by molar-refractivity contribution is 7.09. The fourth-order valence-electron chi connectivity index (χ4n) is 1.78. The van der Waals surface area contributed by atoms with Crippen molar-refractivity contribution < 1.29 is 9.47 Å². The van der Waals surface area contributed by atoms with Crippen molar-refractivity contribution in [2.24, 2.45) is 4.99 Å². The molecule has 1 aromatic rings. The number of hydrogen-bond donors (Lipinski definition) is 2. The van der Waals surface area contributed by atoms with Gasteiger partial charge in [-0.15, -0.1) is 11.3 Å². The van der Waals surface area contributed by atoms with Gasteiger partial charge >= 0.3 is 0 Å². The Hall–Kier alpha value is -1.18. The van der Waals surface area contributed by atoms with Crippen LogP contribution in [0, 0.1) is 6.92 Å². The summed E-state index contributed by atoms with van der Waals surface area (Å²) in [5, 5.41) is 6.50. The molecule has 7 heteroatoms. The Morgan fingerprint density at radius 3 is 2.61 bits per heavy atom. The summed E-state index contributed by atoms with van der Waals surface area (Å²) in [7, 11) is 0. The van der Waals surface area contributed by atoms with Crippen LogP contribution in [0.4, 0.5) is 0 Å². The molecule has 1 aromatic heterocycles. The molecule has 0 spiro atoms. The zero-order valence-corrected chi connectivity index (χ0v) is 15.4. The van der Waals surface area contributed by atoms with E-state index in [1.807, 2.05) is 12.4 Å². The second-order valence-corrected chi connectivity index (χ2v) is 6.00. The molecule has 0 aromatic carbocycles. The SMILES string of the molecule is CCCCOCCOCCNC(=NCc1scnc1C)NCC. The predicted octanol–water partition coefficient (Wildman–Crippen LogP) is 2.34. The molecule has 132 valence electrons. The summed E-state index contributed by atoms with van der Waals surface area (Å²) in [5.74, 6) is 0.808. The molecule has 0 saturated heterocycles. The van der Waals surface area contributed by atoms with Crippen LogP contribution in [0.1, 0.15) is 37.3 Å². The van der Waals surface area contributed by atoms with E-state index >= 15 is 0 Å². The monoisotopic (exact) mass is 342 g/mol. The second-order valence-electron chi connectivity index (χ2n) is 5.06. The number of ether oxygens (including phenoxy) is 2. The number of thiazole rings is 1. The summed E-state index contributed by atoms with van der Waals surface area (Å²) in [6.45, 7) is 11.2. The van der Waals surface area contributed by atoms with Crippen LogP contribution in [-0.2, 0) is 16.0 Å². The Morgan fingerprint density at radius 1 is 1.17 bits per heavy atom. The number of aliphatic imine (C=N–C) groups is 1. The molecule has 0 radical (unpaired) electrons. The molecule has 0 aliphatic carbocycles. The number of hydrogen-bond acceptors (Lipinski definition) is 5. The van der Waals surface area contributed by atoms with Gasteiger partial charge in [-0.3, -0.25) is 0 Å². The number of aromatic nitrogens is 1. The van der Waals surface area contributed by atoms with E-state index in [1.165, 1.54) is 11.3 Å². The van der Waals surface area contributed by atoms with E-state index in [4.69, 9.17) is 9.47 Å². The molecule has 1 rings (SSSR count). The van der Waals surface area contributed by atoms with Crippen molar-refractivity contribution in [2.45, 2.75) is 40.2 Å². The Balaban J connectivity index is 2.14. The Morgan fingerprint density at radius 2 is 1.96 bits per heavy atom. The lowest BCUT2D eigenvalue weighted by Gasteiger charge is -2.11. The molecule has 0 saturated carbocycles. The highest BCUT2D eigenvalue weighted by Crippen LogP contribution is 2.12. The maximum absolute atomic E-state index is 5.53. The highest BCUT2D eigenvalue weighted by atomic mass is 32.1. The van der Waals surface area contributed by atoms with Crippen molar-refractivity contribution in [3.63, 3.8) is 0 Å². The fraction of sp³-hybridized carbons (Fsp3) is 0.750. The van der Waals surface area contributed by atoms with Crippen molar-refractivity contribution in [3.8, 4) is 0 Å². The molecule has 0 fully saturated rings. The fourth-order valence-corrected chi connectivity index (χ4v) is 2.48. The third-order valence-electron chi connectivity index (χ3n) is 3.12. The van der Waals surface area contributed by atoms with Crippen LogP contribution in [-0.4, -0.2) is 50.5 Å². The lowest BCUT2D eigenvalue weighted by Crippen LogP contribution is -2.39. The maximum atomic E-state index is 5.53. The van der Waals surface area contributed by atoms with E-state index in [0.717, 1.165) is 37.8 Å². The molecule has 6 nitrogen and oxygen atoms in total. The van der Waals surface area contributed by atoms with Crippen molar-refractivity contribution in [1.29, 1.82) is 0 Å². The van der Waals surface area contributed by atoms with Gasteiger partial charge in [-0.2, -0.15) is 0 Å². The van der Waals surface area contributed by atoms with Gasteiger partial charge in [0, 0.05) is 24.6 Å². The zero-order chi connectivity index (χ0) is 16.8. The average Bonchev–Trinajstić information content (AvgIpc) is 2.96. The number of nitrogens with one attached hydrogen (secondary N) is 2. The van der Waals surface area contributed by atoms with Gasteiger partial charge in [0.1, 0.15) is 0 Å². The molecule has 1 heterocycles.